The Morgan fingerprint density at radius 1 is 0.923 bits per heavy atom. The van der Waals surface area contributed by atoms with Crippen molar-refractivity contribution in [3.05, 3.63) is 71.8 Å². The molecule has 0 bridgehead atoms. The first kappa shape index (κ1) is 19.5. The number of anilines is 1. The van der Waals surface area contributed by atoms with E-state index in [-0.39, 0.29) is 5.78 Å². The molecule has 0 N–H and O–H groups in total. The maximum Gasteiger partial charge on any atom is 0.178 e. The fourth-order valence-electron chi connectivity index (χ4n) is 2.67. The van der Waals surface area contributed by atoms with E-state index in [1.807, 2.05) is 49.4 Å². The second-order valence-electron chi connectivity index (χ2n) is 5.84. The average molecular weight is 349 g/mol. The number of benzene rings is 2. The molecule has 0 saturated heterocycles. The highest BCUT2D eigenvalue weighted by molar-refractivity contribution is 6.04. The highest BCUT2D eigenvalue weighted by atomic mass is 16.5. The maximum absolute atomic E-state index is 12.1. The van der Waals surface area contributed by atoms with Gasteiger partial charge in [0.05, 0.1) is 6.61 Å². The van der Waals surface area contributed by atoms with Crippen LogP contribution in [0, 0.1) is 0 Å². The van der Waals surface area contributed by atoms with E-state index in [0.717, 1.165) is 30.0 Å². The van der Waals surface area contributed by atoms with Gasteiger partial charge in [-0.3, -0.25) is 4.79 Å². The minimum absolute atomic E-state index is 0.0420. The van der Waals surface area contributed by atoms with Gasteiger partial charge in [0.25, 0.3) is 0 Å². The molecule has 2 aromatic carbocycles. The van der Waals surface area contributed by atoms with Crippen molar-refractivity contribution >= 4 is 23.6 Å². The van der Waals surface area contributed by atoms with Gasteiger partial charge in [0.15, 0.2) is 5.78 Å². The molecule has 2 aromatic rings. The van der Waals surface area contributed by atoms with Crippen molar-refractivity contribution < 1.29 is 9.53 Å². The van der Waals surface area contributed by atoms with Crippen LogP contribution in [0.25, 0.3) is 12.2 Å². The number of allylic oxidation sites excluding steroid dienone is 2. The van der Waals surface area contributed by atoms with Crippen molar-refractivity contribution in [2.75, 3.05) is 24.6 Å². The molecule has 0 aliphatic heterocycles. The number of nitrogens with zero attached hydrogens (tertiary/aromatic N) is 1. The fraction of sp³-hybridized carbons (Fsp3) is 0.261. The molecule has 0 fully saturated rings. The lowest BCUT2D eigenvalue weighted by Gasteiger charge is -2.20. The summed E-state index contributed by atoms with van der Waals surface area (Å²) in [6.45, 7) is 8.84. The van der Waals surface area contributed by atoms with Gasteiger partial charge in [0.2, 0.25) is 0 Å². The zero-order valence-corrected chi connectivity index (χ0v) is 15.8. The molecular weight excluding hydrogens is 322 g/mol. The van der Waals surface area contributed by atoms with Crippen LogP contribution in [0.3, 0.4) is 0 Å². The van der Waals surface area contributed by atoms with Gasteiger partial charge in [-0.1, -0.05) is 36.4 Å². The molecule has 0 unspecified atom stereocenters. The Balaban J connectivity index is 1.97. The fourth-order valence-corrected chi connectivity index (χ4v) is 2.67. The van der Waals surface area contributed by atoms with Crippen molar-refractivity contribution in [1.29, 1.82) is 0 Å². The third-order valence-electron chi connectivity index (χ3n) is 4.07. The molecule has 0 amide bonds. The molecule has 26 heavy (non-hydrogen) atoms. The van der Waals surface area contributed by atoms with Crippen LogP contribution in [0.1, 0.15) is 31.9 Å². The summed E-state index contributed by atoms with van der Waals surface area (Å²) < 4.78 is 5.46. The molecule has 0 aliphatic rings. The van der Waals surface area contributed by atoms with E-state index in [9.17, 15) is 4.79 Å². The molecule has 0 radical (unpaired) electrons. The number of carbonyl (C=O) groups excluding carboxylic acids is 1. The summed E-state index contributed by atoms with van der Waals surface area (Å²) in [5.74, 6) is 0.769. The Bertz CT molecular complexity index is 756. The second-order valence-corrected chi connectivity index (χ2v) is 5.84. The number of hydrogen-bond donors (Lipinski definition) is 0. The SMILES string of the molecule is CCOc1cccc(/C=C/C(=O)/C=C/c2ccc(N(CC)CC)cc2)c1. The standard InChI is InChI=1S/C23H27NO2/c1-4-24(5-2)21-14-10-19(11-15-21)12-16-22(25)17-13-20-8-7-9-23(18-20)26-6-3/h7-18H,4-6H2,1-3H3/b16-12+,17-13+. The third kappa shape index (κ3) is 5.92. The summed E-state index contributed by atoms with van der Waals surface area (Å²) in [5.41, 5.74) is 3.16. The number of carbonyl (C=O) groups is 1. The van der Waals surface area contributed by atoms with E-state index < -0.39 is 0 Å². The molecule has 0 aromatic heterocycles. The average Bonchev–Trinajstić information content (AvgIpc) is 2.67. The summed E-state index contributed by atoms with van der Waals surface area (Å²) >= 11 is 0. The van der Waals surface area contributed by atoms with Crippen molar-refractivity contribution in [3.8, 4) is 5.75 Å². The predicted molar refractivity (Wildman–Crippen MR) is 111 cm³/mol. The summed E-state index contributed by atoms with van der Waals surface area (Å²) in [4.78, 5) is 14.3. The first-order valence-corrected chi connectivity index (χ1v) is 9.14. The highest BCUT2D eigenvalue weighted by Gasteiger charge is 2.00. The topological polar surface area (TPSA) is 29.5 Å². The van der Waals surface area contributed by atoms with Gasteiger partial charge in [-0.05, 0) is 68.3 Å². The van der Waals surface area contributed by atoms with Gasteiger partial charge in [-0.2, -0.15) is 0 Å². The predicted octanol–water partition coefficient (Wildman–Crippen LogP) is 5.23. The van der Waals surface area contributed by atoms with Crippen molar-refractivity contribution in [1.82, 2.24) is 0 Å². The normalized spacial score (nSPS) is 11.2. The maximum atomic E-state index is 12.1. The van der Waals surface area contributed by atoms with Crippen LogP contribution in [-0.2, 0) is 4.79 Å². The summed E-state index contributed by atoms with van der Waals surface area (Å²) in [7, 11) is 0. The molecule has 3 nitrogen and oxygen atoms in total. The van der Waals surface area contributed by atoms with Crippen LogP contribution in [-0.4, -0.2) is 25.5 Å². The minimum atomic E-state index is -0.0420. The van der Waals surface area contributed by atoms with E-state index in [4.69, 9.17) is 4.74 Å². The molecule has 2 rings (SSSR count). The Hall–Kier alpha value is -2.81. The van der Waals surface area contributed by atoms with Gasteiger partial charge in [-0.25, -0.2) is 0 Å². The smallest absolute Gasteiger partial charge is 0.178 e. The summed E-state index contributed by atoms with van der Waals surface area (Å²) in [5, 5.41) is 0. The first-order valence-electron chi connectivity index (χ1n) is 9.14. The van der Waals surface area contributed by atoms with Crippen LogP contribution < -0.4 is 9.64 Å². The van der Waals surface area contributed by atoms with Crippen LogP contribution >= 0.6 is 0 Å². The number of ether oxygens (including phenoxy) is 1. The number of ketones is 1. The summed E-state index contributed by atoms with van der Waals surface area (Å²) in [6.07, 6.45) is 6.81. The molecule has 136 valence electrons. The Labute approximate surface area is 156 Å². The zero-order valence-electron chi connectivity index (χ0n) is 15.8. The van der Waals surface area contributed by atoms with Gasteiger partial charge >= 0.3 is 0 Å². The van der Waals surface area contributed by atoms with Crippen molar-refractivity contribution in [2.24, 2.45) is 0 Å². The Morgan fingerprint density at radius 2 is 1.58 bits per heavy atom. The van der Waals surface area contributed by atoms with Gasteiger partial charge in [0, 0.05) is 18.8 Å². The molecule has 0 saturated carbocycles. The van der Waals surface area contributed by atoms with E-state index in [1.165, 1.54) is 5.69 Å². The molecule has 3 heteroatoms. The van der Waals surface area contributed by atoms with E-state index in [2.05, 4.69) is 30.9 Å². The quantitative estimate of drug-likeness (QED) is 0.581. The van der Waals surface area contributed by atoms with Crippen LogP contribution in [0.4, 0.5) is 5.69 Å². The number of hydrogen-bond acceptors (Lipinski definition) is 3. The Kier molecular flexibility index (Phi) is 7.69. The van der Waals surface area contributed by atoms with E-state index in [0.29, 0.717) is 6.61 Å². The van der Waals surface area contributed by atoms with Crippen molar-refractivity contribution in [3.63, 3.8) is 0 Å². The zero-order chi connectivity index (χ0) is 18.8. The van der Waals surface area contributed by atoms with Crippen LogP contribution in [0.2, 0.25) is 0 Å². The molecular formula is C23H27NO2. The molecule has 0 spiro atoms. The second kappa shape index (κ2) is 10.2. The van der Waals surface area contributed by atoms with Gasteiger partial charge in [0.1, 0.15) is 5.75 Å². The lowest BCUT2D eigenvalue weighted by atomic mass is 10.1. The molecule has 0 aliphatic carbocycles. The van der Waals surface area contributed by atoms with Crippen LogP contribution in [0.15, 0.2) is 60.7 Å². The Morgan fingerprint density at radius 3 is 2.19 bits per heavy atom. The van der Waals surface area contributed by atoms with Crippen molar-refractivity contribution in [2.45, 2.75) is 20.8 Å². The molecule has 0 atom stereocenters. The largest absolute Gasteiger partial charge is 0.494 e. The third-order valence-corrected chi connectivity index (χ3v) is 4.07. The van der Waals surface area contributed by atoms with E-state index in [1.54, 1.807) is 18.2 Å². The first-order chi connectivity index (χ1) is 12.7. The monoisotopic (exact) mass is 349 g/mol. The minimum Gasteiger partial charge on any atom is -0.494 e. The van der Waals surface area contributed by atoms with Gasteiger partial charge in [-0.15, -0.1) is 0 Å². The summed E-state index contributed by atoms with van der Waals surface area (Å²) in [6, 6.07) is 15.9. The lowest BCUT2D eigenvalue weighted by molar-refractivity contribution is -0.110. The van der Waals surface area contributed by atoms with Gasteiger partial charge < -0.3 is 9.64 Å². The lowest BCUT2D eigenvalue weighted by Crippen LogP contribution is -2.21. The van der Waals surface area contributed by atoms with E-state index >= 15 is 0 Å². The molecule has 0 heterocycles. The number of rotatable bonds is 9. The van der Waals surface area contributed by atoms with Crippen LogP contribution in [0.5, 0.6) is 5.75 Å². The highest BCUT2D eigenvalue weighted by Crippen LogP contribution is 2.16.